The highest BCUT2D eigenvalue weighted by Gasteiger charge is 2.24. The molecule has 2 atom stereocenters. The Labute approximate surface area is 126 Å². The van der Waals surface area contributed by atoms with Crippen LogP contribution in [0.2, 0.25) is 0 Å². The molecule has 116 valence electrons. The van der Waals surface area contributed by atoms with E-state index in [1.165, 1.54) is 19.3 Å². The van der Waals surface area contributed by atoms with Crippen molar-refractivity contribution in [3.63, 3.8) is 0 Å². The highest BCUT2D eigenvalue weighted by Crippen LogP contribution is 2.24. The number of ether oxygens (including phenoxy) is 2. The number of pyridine rings is 1. The Hall–Kier alpha value is -1.62. The zero-order valence-corrected chi connectivity index (χ0v) is 12.8. The molecular weight excluding hydrogens is 268 g/mol. The number of rotatable bonds is 6. The first-order valence-corrected chi connectivity index (χ1v) is 7.60. The Balaban J connectivity index is 2.00. The molecule has 0 bridgehead atoms. The summed E-state index contributed by atoms with van der Waals surface area (Å²) in [5, 5.41) is 3.13. The predicted molar refractivity (Wildman–Crippen MR) is 80.5 cm³/mol. The Kier molecular flexibility index (Phi) is 5.99. The lowest BCUT2D eigenvalue weighted by atomic mass is 9.86. The van der Waals surface area contributed by atoms with Gasteiger partial charge in [-0.05, 0) is 30.9 Å². The quantitative estimate of drug-likeness (QED) is 0.818. The normalized spacial score (nSPS) is 21.8. The smallest absolute Gasteiger partial charge is 0.256 e. The van der Waals surface area contributed by atoms with Gasteiger partial charge in [-0.3, -0.25) is 4.79 Å². The second-order valence-electron chi connectivity index (χ2n) is 5.54. The van der Waals surface area contributed by atoms with E-state index in [0.717, 1.165) is 6.42 Å². The molecule has 0 saturated heterocycles. The lowest BCUT2D eigenvalue weighted by Crippen LogP contribution is -2.41. The highest BCUT2D eigenvalue weighted by atomic mass is 16.5. The van der Waals surface area contributed by atoms with Crippen molar-refractivity contribution in [1.82, 2.24) is 10.3 Å². The molecule has 0 aliphatic heterocycles. The summed E-state index contributed by atoms with van der Waals surface area (Å²) in [5.74, 6) is 0.794. The maximum Gasteiger partial charge on any atom is 0.256 e. The van der Waals surface area contributed by atoms with Crippen molar-refractivity contribution in [3.8, 4) is 5.88 Å². The second-order valence-corrected chi connectivity index (χ2v) is 5.54. The van der Waals surface area contributed by atoms with Gasteiger partial charge in [0, 0.05) is 19.3 Å². The van der Waals surface area contributed by atoms with Crippen LogP contribution < -0.4 is 10.1 Å². The minimum Gasteiger partial charge on any atom is -0.475 e. The van der Waals surface area contributed by atoms with Crippen LogP contribution in [-0.4, -0.2) is 37.3 Å². The lowest BCUT2D eigenvalue weighted by molar-refractivity contribution is 0.0901. The van der Waals surface area contributed by atoms with Crippen LogP contribution >= 0.6 is 0 Å². The summed E-state index contributed by atoms with van der Waals surface area (Å²) in [6, 6.07) is 3.75. The summed E-state index contributed by atoms with van der Waals surface area (Å²) in [6.45, 7) is 3.05. The summed E-state index contributed by atoms with van der Waals surface area (Å²) in [7, 11) is 1.61. The van der Waals surface area contributed by atoms with E-state index in [4.69, 9.17) is 9.47 Å². The maximum absolute atomic E-state index is 12.4. The van der Waals surface area contributed by atoms with Gasteiger partial charge in [-0.15, -0.1) is 0 Å². The Bertz CT molecular complexity index is 465. The molecule has 0 radical (unpaired) electrons. The Morgan fingerprint density at radius 2 is 2.19 bits per heavy atom. The molecule has 1 aliphatic carbocycles. The lowest BCUT2D eigenvalue weighted by Gasteiger charge is -2.29. The van der Waals surface area contributed by atoms with Crippen molar-refractivity contribution in [1.29, 1.82) is 0 Å². The van der Waals surface area contributed by atoms with Crippen LogP contribution in [0.25, 0.3) is 0 Å². The van der Waals surface area contributed by atoms with Crippen molar-refractivity contribution in [2.24, 2.45) is 5.92 Å². The molecular formula is C16H24N2O3. The Morgan fingerprint density at radius 3 is 2.95 bits per heavy atom. The summed E-state index contributed by atoms with van der Waals surface area (Å²) in [6.07, 6.45) is 6.29. The molecule has 1 aliphatic rings. The minimum atomic E-state index is -0.103. The second kappa shape index (κ2) is 7.98. The van der Waals surface area contributed by atoms with Gasteiger partial charge in [-0.1, -0.05) is 19.8 Å². The van der Waals surface area contributed by atoms with Gasteiger partial charge in [0.15, 0.2) is 0 Å². The van der Waals surface area contributed by atoms with E-state index in [1.54, 1.807) is 25.4 Å². The van der Waals surface area contributed by atoms with Crippen LogP contribution in [0.1, 0.15) is 43.0 Å². The first-order valence-electron chi connectivity index (χ1n) is 7.60. The van der Waals surface area contributed by atoms with Crippen molar-refractivity contribution < 1.29 is 14.3 Å². The first-order chi connectivity index (χ1) is 10.2. The number of hydrogen-bond acceptors (Lipinski definition) is 4. The van der Waals surface area contributed by atoms with Crippen LogP contribution in [0.4, 0.5) is 0 Å². The van der Waals surface area contributed by atoms with Crippen molar-refractivity contribution >= 4 is 5.91 Å². The third-order valence-corrected chi connectivity index (χ3v) is 3.97. The monoisotopic (exact) mass is 292 g/mol. The van der Waals surface area contributed by atoms with Gasteiger partial charge in [0.2, 0.25) is 5.88 Å². The fourth-order valence-electron chi connectivity index (χ4n) is 2.68. The molecule has 1 N–H and O–H groups in total. The molecule has 5 heteroatoms. The number of amides is 1. The largest absolute Gasteiger partial charge is 0.475 e. The number of methoxy groups -OCH3 is 1. The Morgan fingerprint density at radius 1 is 1.38 bits per heavy atom. The SMILES string of the molecule is COCCOc1ncccc1C(=O)NC1CCCCC1C. The molecule has 1 aromatic rings. The van der Waals surface area contributed by atoms with E-state index in [1.807, 2.05) is 0 Å². The molecule has 1 saturated carbocycles. The third-order valence-electron chi connectivity index (χ3n) is 3.97. The number of nitrogens with one attached hydrogen (secondary N) is 1. The zero-order valence-electron chi connectivity index (χ0n) is 12.8. The van der Waals surface area contributed by atoms with Gasteiger partial charge in [0.1, 0.15) is 12.2 Å². The van der Waals surface area contributed by atoms with Crippen molar-refractivity contribution in [2.75, 3.05) is 20.3 Å². The minimum absolute atomic E-state index is 0.103. The zero-order chi connectivity index (χ0) is 15.1. The molecule has 2 unspecified atom stereocenters. The average Bonchev–Trinajstić information content (AvgIpc) is 2.50. The van der Waals surface area contributed by atoms with E-state index in [-0.39, 0.29) is 11.9 Å². The van der Waals surface area contributed by atoms with Crippen molar-refractivity contribution in [3.05, 3.63) is 23.9 Å². The number of carbonyl (C=O) groups is 1. The van der Waals surface area contributed by atoms with E-state index in [2.05, 4.69) is 17.2 Å². The molecule has 1 heterocycles. The molecule has 1 amide bonds. The van der Waals surface area contributed by atoms with Crippen LogP contribution in [0, 0.1) is 5.92 Å². The predicted octanol–water partition coefficient (Wildman–Crippen LogP) is 2.42. The molecule has 2 rings (SSSR count). The molecule has 1 aromatic heterocycles. The maximum atomic E-state index is 12.4. The fraction of sp³-hybridized carbons (Fsp3) is 0.625. The average molecular weight is 292 g/mol. The topological polar surface area (TPSA) is 60.5 Å². The van der Waals surface area contributed by atoms with Gasteiger partial charge < -0.3 is 14.8 Å². The number of carbonyl (C=O) groups excluding carboxylic acids is 1. The van der Waals surface area contributed by atoms with Gasteiger partial charge >= 0.3 is 0 Å². The highest BCUT2D eigenvalue weighted by molar-refractivity contribution is 5.96. The van der Waals surface area contributed by atoms with E-state index >= 15 is 0 Å². The third kappa shape index (κ3) is 4.43. The van der Waals surface area contributed by atoms with Gasteiger partial charge in [0.05, 0.1) is 6.61 Å². The number of aromatic nitrogens is 1. The summed E-state index contributed by atoms with van der Waals surface area (Å²) in [4.78, 5) is 16.6. The van der Waals surface area contributed by atoms with Gasteiger partial charge in [-0.2, -0.15) is 0 Å². The van der Waals surface area contributed by atoms with Crippen molar-refractivity contribution in [2.45, 2.75) is 38.6 Å². The van der Waals surface area contributed by atoms with Gasteiger partial charge in [-0.25, -0.2) is 4.98 Å². The van der Waals surface area contributed by atoms with E-state index in [9.17, 15) is 4.79 Å². The summed E-state index contributed by atoms with van der Waals surface area (Å²) >= 11 is 0. The van der Waals surface area contributed by atoms with E-state index in [0.29, 0.717) is 30.6 Å². The summed E-state index contributed by atoms with van der Waals surface area (Å²) in [5.41, 5.74) is 0.492. The molecule has 0 spiro atoms. The van der Waals surface area contributed by atoms with Crippen LogP contribution in [0.5, 0.6) is 5.88 Å². The molecule has 5 nitrogen and oxygen atoms in total. The van der Waals surface area contributed by atoms with Crippen LogP contribution in [0.3, 0.4) is 0 Å². The fourth-order valence-corrected chi connectivity index (χ4v) is 2.68. The van der Waals surface area contributed by atoms with Crippen LogP contribution in [-0.2, 0) is 4.74 Å². The van der Waals surface area contributed by atoms with E-state index < -0.39 is 0 Å². The number of nitrogens with zero attached hydrogens (tertiary/aromatic N) is 1. The molecule has 0 aromatic carbocycles. The first kappa shape index (κ1) is 15.8. The number of hydrogen-bond donors (Lipinski definition) is 1. The summed E-state index contributed by atoms with van der Waals surface area (Å²) < 4.78 is 10.5. The standard InChI is InChI=1S/C16H24N2O3/c1-12-6-3-4-8-14(12)18-15(19)13-7-5-9-17-16(13)21-11-10-20-2/h5,7,9,12,14H,3-4,6,8,10-11H2,1-2H3,(H,18,19). The molecule has 21 heavy (non-hydrogen) atoms. The van der Waals surface area contributed by atoms with Crippen LogP contribution in [0.15, 0.2) is 18.3 Å². The van der Waals surface area contributed by atoms with Gasteiger partial charge in [0.25, 0.3) is 5.91 Å². The molecule has 1 fully saturated rings.